The number of methoxy groups -OCH3 is 2. The fraction of sp³-hybridized carbons (Fsp3) is 0.350. The molecule has 0 saturated carbocycles. The van der Waals surface area contributed by atoms with Crippen molar-refractivity contribution in [3.05, 3.63) is 63.2 Å². The molecule has 0 saturated heterocycles. The van der Waals surface area contributed by atoms with Crippen molar-refractivity contribution in [2.75, 3.05) is 20.0 Å². The number of carbonyl (C=O) groups excluding carboxylic acids is 1. The molecule has 28 heavy (non-hydrogen) atoms. The zero-order chi connectivity index (χ0) is 20.7. The second-order valence-electron chi connectivity index (χ2n) is 6.11. The zero-order valence-electron chi connectivity index (χ0n) is 16.3. The van der Waals surface area contributed by atoms with Crippen LogP contribution in [0.3, 0.4) is 0 Å². The van der Waals surface area contributed by atoms with E-state index in [2.05, 4.69) is 0 Å². The van der Waals surface area contributed by atoms with Crippen LogP contribution in [0.15, 0.2) is 36.4 Å². The minimum atomic E-state index is -0.559. The highest BCUT2D eigenvalue weighted by atomic mass is 32.2. The standard InChI is InChI=1S/C20H23NO6S/c1-13-8-18(25-3)19(26-4)10-16(13)11-28-12-20(22)27-14(2)15-6-5-7-17(9-15)21(23)24/h5-10,14H,11-12H2,1-4H3/t14-/m0/s1. The van der Waals surface area contributed by atoms with Crippen LogP contribution in [0.25, 0.3) is 0 Å². The number of hydrogen-bond acceptors (Lipinski definition) is 7. The molecule has 0 spiro atoms. The normalized spacial score (nSPS) is 11.6. The van der Waals surface area contributed by atoms with Crippen LogP contribution < -0.4 is 9.47 Å². The number of aryl methyl sites for hydroxylation is 1. The van der Waals surface area contributed by atoms with E-state index in [4.69, 9.17) is 14.2 Å². The van der Waals surface area contributed by atoms with Gasteiger partial charge in [-0.15, -0.1) is 11.8 Å². The molecule has 0 aliphatic heterocycles. The van der Waals surface area contributed by atoms with E-state index in [0.29, 0.717) is 22.8 Å². The van der Waals surface area contributed by atoms with E-state index >= 15 is 0 Å². The van der Waals surface area contributed by atoms with Crippen molar-refractivity contribution in [1.29, 1.82) is 0 Å². The topological polar surface area (TPSA) is 87.9 Å². The summed E-state index contributed by atoms with van der Waals surface area (Å²) in [5, 5.41) is 10.9. The molecule has 150 valence electrons. The maximum absolute atomic E-state index is 12.1. The van der Waals surface area contributed by atoms with E-state index in [1.54, 1.807) is 33.3 Å². The van der Waals surface area contributed by atoms with Gasteiger partial charge in [-0.3, -0.25) is 14.9 Å². The lowest BCUT2D eigenvalue weighted by molar-refractivity contribution is -0.385. The predicted molar refractivity (Wildman–Crippen MR) is 108 cm³/mol. The molecule has 7 nitrogen and oxygen atoms in total. The largest absolute Gasteiger partial charge is 0.493 e. The summed E-state index contributed by atoms with van der Waals surface area (Å²) in [5.41, 5.74) is 2.65. The molecule has 0 aromatic heterocycles. The molecule has 2 aromatic carbocycles. The molecule has 0 radical (unpaired) electrons. The Morgan fingerprint density at radius 1 is 1.18 bits per heavy atom. The van der Waals surface area contributed by atoms with Crippen molar-refractivity contribution < 1.29 is 23.9 Å². The molecule has 0 bridgehead atoms. The van der Waals surface area contributed by atoms with Crippen LogP contribution >= 0.6 is 11.8 Å². The van der Waals surface area contributed by atoms with Gasteiger partial charge >= 0.3 is 5.97 Å². The van der Waals surface area contributed by atoms with Gasteiger partial charge in [0, 0.05) is 17.9 Å². The monoisotopic (exact) mass is 405 g/mol. The molecule has 1 atom stereocenters. The van der Waals surface area contributed by atoms with Crippen molar-refractivity contribution in [3.63, 3.8) is 0 Å². The third-order valence-electron chi connectivity index (χ3n) is 4.18. The number of nitro benzene ring substituents is 1. The first-order chi connectivity index (χ1) is 13.3. The third-order valence-corrected chi connectivity index (χ3v) is 5.13. The van der Waals surface area contributed by atoms with Crippen LogP contribution in [-0.2, 0) is 15.3 Å². The molecule has 0 aliphatic rings. The second kappa shape index (κ2) is 9.98. The molecular weight excluding hydrogens is 382 g/mol. The fourth-order valence-electron chi connectivity index (χ4n) is 2.61. The number of ether oxygens (including phenoxy) is 3. The van der Waals surface area contributed by atoms with Gasteiger partial charge in [-0.05, 0) is 42.7 Å². The molecule has 0 amide bonds. The molecule has 0 aliphatic carbocycles. The SMILES string of the molecule is COc1cc(C)c(CSCC(=O)O[C@@H](C)c2cccc([N+](=O)[O-])c2)cc1OC. The highest BCUT2D eigenvalue weighted by molar-refractivity contribution is 7.99. The number of non-ortho nitro benzene ring substituents is 1. The minimum absolute atomic E-state index is 0.0290. The van der Waals surface area contributed by atoms with Crippen LogP contribution in [0.2, 0.25) is 0 Å². The summed E-state index contributed by atoms with van der Waals surface area (Å²) in [6.07, 6.45) is -0.559. The van der Waals surface area contributed by atoms with Gasteiger partial charge in [0.15, 0.2) is 11.5 Å². The maximum Gasteiger partial charge on any atom is 0.316 e. The molecule has 0 unspecified atom stereocenters. The number of rotatable bonds is 9. The van der Waals surface area contributed by atoms with E-state index in [0.717, 1.165) is 11.1 Å². The van der Waals surface area contributed by atoms with Crippen LogP contribution in [0.5, 0.6) is 11.5 Å². The lowest BCUT2D eigenvalue weighted by atomic mass is 10.1. The van der Waals surface area contributed by atoms with E-state index in [1.807, 2.05) is 19.1 Å². The van der Waals surface area contributed by atoms with E-state index in [9.17, 15) is 14.9 Å². The Kier molecular flexibility index (Phi) is 7.69. The van der Waals surface area contributed by atoms with Gasteiger partial charge in [-0.2, -0.15) is 0 Å². The Labute approximate surface area is 168 Å². The van der Waals surface area contributed by atoms with Gasteiger partial charge in [-0.1, -0.05) is 12.1 Å². The zero-order valence-corrected chi connectivity index (χ0v) is 17.1. The van der Waals surface area contributed by atoms with Crippen LogP contribution in [0.1, 0.15) is 29.7 Å². The molecule has 2 rings (SSSR count). The Balaban J connectivity index is 1.91. The molecule has 8 heteroatoms. The van der Waals surface area contributed by atoms with Crippen LogP contribution in [-0.4, -0.2) is 30.9 Å². The Morgan fingerprint density at radius 3 is 2.50 bits per heavy atom. The van der Waals surface area contributed by atoms with Crippen molar-refractivity contribution in [2.24, 2.45) is 0 Å². The Morgan fingerprint density at radius 2 is 1.86 bits per heavy atom. The first-order valence-electron chi connectivity index (χ1n) is 8.58. The average Bonchev–Trinajstić information content (AvgIpc) is 2.68. The number of thioether (sulfide) groups is 1. The van der Waals surface area contributed by atoms with Crippen molar-refractivity contribution in [2.45, 2.75) is 25.7 Å². The summed E-state index contributed by atoms with van der Waals surface area (Å²) >= 11 is 1.43. The van der Waals surface area contributed by atoms with E-state index in [-0.39, 0.29) is 17.4 Å². The molecule has 0 fully saturated rings. The molecule has 2 aromatic rings. The van der Waals surface area contributed by atoms with Gasteiger partial charge in [-0.25, -0.2) is 0 Å². The molecule has 0 heterocycles. The van der Waals surface area contributed by atoms with Gasteiger partial charge in [0.25, 0.3) is 5.69 Å². The second-order valence-corrected chi connectivity index (χ2v) is 7.10. The summed E-state index contributed by atoms with van der Waals surface area (Å²) in [7, 11) is 3.17. The third kappa shape index (κ3) is 5.63. The predicted octanol–water partition coefficient (Wildman–Crippen LogP) is 4.46. The van der Waals surface area contributed by atoms with E-state index in [1.165, 1.54) is 23.9 Å². The summed E-state index contributed by atoms with van der Waals surface area (Å²) < 4.78 is 16.0. The fourth-order valence-corrected chi connectivity index (χ4v) is 3.48. The van der Waals surface area contributed by atoms with E-state index < -0.39 is 11.0 Å². The molecular formula is C20H23NO6S. The lowest BCUT2D eigenvalue weighted by Gasteiger charge is -2.14. The average molecular weight is 405 g/mol. The number of hydrogen-bond donors (Lipinski definition) is 0. The summed E-state index contributed by atoms with van der Waals surface area (Å²) in [4.78, 5) is 22.5. The quantitative estimate of drug-likeness (QED) is 0.346. The summed E-state index contributed by atoms with van der Waals surface area (Å²) in [6, 6.07) is 9.89. The van der Waals surface area contributed by atoms with Gasteiger partial charge in [0.05, 0.1) is 24.9 Å². The highest BCUT2D eigenvalue weighted by Crippen LogP contribution is 2.32. The lowest BCUT2D eigenvalue weighted by Crippen LogP contribution is -2.11. The van der Waals surface area contributed by atoms with Crippen molar-refractivity contribution in [1.82, 2.24) is 0 Å². The Hall–Kier alpha value is -2.74. The maximum atomic E-state index is 12.1. The first kappa shape index (κ1) is 21.6. The smallest absolute Gasteiger partial charge is 0.316 e. The summed E-state index contributed by atoms with van der Waals surface area (Å²) in [6.45, 7) is 3.67. The minimum Gasteiger partial charge on any atom is -0.493 e. The highest BCUT2D eigenvalue weighted by Gasteiger charge is 2.15. The van der Waals surface area contributed by atoms with Gasteiger partial charge < -0.3 is 14.2 Å². The van der Waals surface area contributed by atoms with Crippen molar-refractivity contribution in [3.8, 4) is 11.5 Å². The van der Waals surface area contributed by atoms with Gasteiger partial charge in [0.1, 0.15) is 6.10 Å². The number of carbonyl (C=O) groups is 1. The molecule has 0 N–H and O–H groups in total. The number of benzene rings is 2. The van der Waals surface area contributed by atoms with Crippen LogP contribution in [0.4, 0.5) is 5.69 Å². The van der Waals surface area contributed by atoms with Crippen molar-refractivity contribution >= 4 is 23.4 Å². The first-order valence-corrected chi connectivity index (χ1v) is 9.74. The number of nitrogens with zero attached hydrogens (tertiary/aromatic N) is 1. The van der Waals surface area contributed by atoms with Gasteiger partial charge in [0.2, 0.25) is 0 Å². The Bertz CT molecular complexity index is 855. The number of nitro groups is 1. The summed E-state index contributed by atoms with van der Waals surface area (Å²) in [5.74, 6) is 1.73. The van der Waals surface area contributed by atoms with Crippen LogP contribution in [0, 0.1) is 17.0 Å². The number of esters is 1.